The highest BCUT2D eigenvalue weighted by molar-refractivity contribution is 5.91. The predicted octanol–water partition coefficient (Wildman–Crippen LogP) is 6.82. The number of nitrogens with one attached hydrogen (secondary N) is 1. The zero-order chi connectivity index (χ0) is 28.4. The number of allylic oxidation sites excluding steroid dienone is 1. The molecule has 0 aromatic heterocycles. The molecule has 2 saturated heterocycles. The summed E-state index contributed by atoms with van der Waals surface area (Å²) in [5.74, 6) is 0.928. The van der Waals surface area contributed by atoms with E-state index in [2.05, 4.69) is 63.2 Å². The molecule has 0 aromatic carbocycles. The van der Waals surface area contributed by atoms with E-state index in [4.69, 9.17) is 4.74 Å². The van der Waals surface area contributed by atoms with Crippen LogP contribution in [0, 0.1) is 11.3 Å². The van der Waals surface area contributed by atoms with E-state index >= 15 is 0 Å². The Bertz CT molecular complexity index is 548. The van der Waals surface area contributed by atoms with E-state index in [9.17, 15) is 4.79 Å². The molecule has 1 atom stereocenters. The maximum absolute atomic E-state index is 10.0. The number of carbonyl (C=O) groups excluding carboxylic acids is 1. The number of Topliss-reactive ketones (excluding diaryl/α,β-unsaturated/α-hetero) is 1. The van der Waals surface area contributed by atoms with Crippen LogP contribution in [0.4, 0.5) is 0 Å². The minimum atomic E-state index is 0.0648. The molecule has 0 aliphatic carbocycles. The molecule has 0 aromatic rings. The van der Waals surface area contributed by atoms with Crippen molar-refractivity contribution in [2.45, 2.75) is 120 Å². The zero-order valence-corrected chi connectivity index (χ0v) is 26.6. The Morgan fingerprint density at radius 2 is 1.47 bits per heavy atom. The number of ether oxygens (including phenoxy) is 1. The van der Waals surface area contributed by atoms with Gasteiger partial charge in [-0.25, -0.2) is 0 Å². The van der Waals surface area contributed by atoms with E-state index in [1.54, 1.807) is 6.92 Å². The van der Waals surface area contributed by atoms with E-state index in [0.717, 1.165) is 25.5 Å². The Morgan fingerprint density at radius 3 is 1.89 bits per heavy atom. The van der Waals surface area contributed by atoms with Crippen LogP contribution in [-0.4, -0.2) is 79.6 Å². The van der Waals surface area contributed by atoms with Gasteiger partial charge in [0.05, 0.1) is 12.7 Å². The summed E-state index contributed by atoms with van der Waals surface area (Å²) in [6, 6.07) is 0. The van der Waals surface area contributed by atoms with Gasteiger partial charge in [-0.15, -0.1) is 0 Å². The van der Waals surface area contributed by atoms with Crippen LogP contribution in [0.15, 0.2) is 12.2 Å². The van der Waals surface area contributed by atoms with Gasteiger partial charge in [0.25, 0.3) is 0 Å². The topological polar surface area (TPSA) is 44.8 Å². The first-order chi connectivity index (χ1) is 16.9. The molecule has 0 spiro atoms. The summed E-state index contributed by atoms with van der Waals surface area (Å²) in [6.45, 7) is 38.0. The normalized spacial score (nSPS) is 18.4. The first-order valence-electron chi connectivity index (χ1n) is 14.8. The third-order valence-electron chi connectivity index (χ3n) is 7.55. The highest BCUT2D eigenvalue weighted by Crippen LogP contribution is 2.41. The molecule has 2 heterocycles. The summed E-state index contributed by atoms with van der Waals surface area (Å²) in [7, 11) is 0. The monoisotopic (exact) mass is 512 g/mol. The average Bonchev–Trinajstić information content (AvgIpc) is 2.87. The third-order valence-corrected chi connectivity index (χ3v) is 7.55. The number of hydrogen-bond donors (Lipinski definition) is 1. The summed E-state index contributed by atoms with van der Waals surface area (Å²) >= 11 is 0. The van der Waals surface area contributed by atoms with Gasteiger partial charge in [-0.3, -0.25) is 14.6 Å². The SMILES string of the molecule is C=C(C)C(C)=O.CC.CC.CCC(C)OCCN1CCN(C(C)(C)CC(C)(C)C2CCNCC2)CC1. The van der Waals surface area contributed by atoms with Gasteiger partial charge < -0.3 is 10.1 Å². The lowest BCUT2D eigenvalue weighted by Crippen LogP contribution is -2.56. The van der Waals surface area contributed by atoms with Crippen molar-refractivity contribution in [1.29, 1.82) is 0 Å². The van der Waals surface area contributed by atoms with Gasteiger partial charge in [-0.1, -0.05) is 55.0 Å². The fraction of sp³-hybridized carbons (Fsp3) is 0.903. The highest BCUT2D eigenvalue weighted by Gasteiger charge is 2.39. The smallest absolute Gasteiger partial charge is 0.154 e. The van der Waals surface area contributed by atoms with E-state index < -0.39 is 0 Å². The second-order valence-electron chi connectivity index (χ2n) is 11.3. The predicted molar refractivity (Wildman–Crippen MR) is 160 cm³/mol. The standard InChI is InChI=1S/C22H45N3O.C5H8O.2C2H6/c1-7-19(2)26-17-16-24-12-14-25(15-13-24)22(5,6)18-21(3,4)20-8-10-23-11-9-20;1-4(2)5(3)6;2*1-2/h19-20,23H,7-18H2,1-6H3;1H2,2-3H3;2*1-2H3. The quantitative estimate of drug-likeness (QED) is 0.326. The number of nitrogens with zero attached hydrogens (tertiary/aromatic N) is 2. The van der Waals surface area contributed by atoms with Crippen LogP contribution in [0.5, 0.6) is 0 Å². The van der Waals surface area contributed by atoms with Gasteiger partial charge in [0.15, 0.2) is 5.78 Å². The minimum absolute atomic E-state index is 0.0648. The average molecular weight is 512 g/mol. The first-order valence-corrected chi connectivity index (χ1v) is 14.8. The third kappa shape index (κ3) is 15.5. The summed E-state index contributed by atoms with van der Waals surface area (Å²) in [5, 5.41) is 3.52. The van der Waals surface area contributed by atoms with E-state index in [1.165, 1.54) is 65.5 Å². The number of piperidine rings is 1. The van der Waals surface area contributed by atoms with Crippen molar-refractivity contribution in [1.82, 2.24) is 15.1 Å². The van der Waals surface area contributed by atoms with Gasteiger partial charge in [0.2, 0.25) is 0 Å². The molecular formula is C31H65N3O2. The molecule has 1 N–H and O–H groups in total. The fourth-order valence-corrected chi connectivity index (χ4v) is 5.05. The van der Waals surface area contributed by atoms with Gasteiger partial charge >= 0.3 is 0 Å². The summed E-state index contributed by atoms with van der Waals surface area (Å²) in [6.07, 6.45) is 5.48. The summed E-state index contributed by atoms with van der Waals surface area (Å²) in [4.78, 5) is 15.4. The van der Waals surface area contributed by atoms with Crippen LogP contribution in [0.2, 0.25) is 0 Å². The summed E-state index contributed by atoms with van der Waals surface area (Å²) < 4.78 is 5.86. The lowest BCUT2D eigenvalue weighted by Gasteiger charge is -2.49. The second kappa shape index (κ2) is 20.2. The van der Waals surface area contributed by atoms with Gasteiger partial charge in [0, 0.05) is 38.3 Å². The van der Waals surface area contributed by atoms with Gasteiger partial charge in [0.1, 0.15) is 0 Å². The van der Waals surface area contributed by atoms with Crippen molar-refractivity contribution in [2.24, 2.45) is 11.3 Å². The molecular weight excluding hydrogens is 446 g/mol. The van der Waals surface area contributed by atoms with Crippen molar-refractivity contribution < 1.29 is 9.53 Å². The molecule has 5 heteroatoms. The van der Waals surface area contributed by atoms with Crippen molar-refractivity contribution in [3.05, 3.63) is 12.2 Å². The number of carbonyl (C=O) groups is 1. The van der Waals surface area contributed by atoms with Crippen molar-refractivity contribution >= 4 is 5.78 Å². The van der Waals surface area contributed by atoms with Gasteiger partial charge in [-0.2, -0.15) is 0 Å². The molecule has 0 radical (unpaired) electrons. The Balaban J connectivity index is 0. The molecule has 0 amide bonds. The van der Waals surface area contributed by atoms with E-state index in [1.807, 2.05) is 27.7 Å². The number of rotatable bonds is 10. The zero-order valence-electron chi connectivity index (χ0n) is 26.6. The van der Waals surface area contributed by atoms with Crippen LogP contribution in [0.1, 0.15) is 109 Å². The molecule has 0 bridgehead atoms. The second-order valence-corrected chi connectivity index (χ2v) is 11.3. The maximum atomic E-state index is 10.0. The Kier molecular flexibility index (Phi) is 21.0. The van der Waals surface area contributed by atoms with Crippen molar-refractivity contribution in [3.8, 4) is 0 Å². The maximum Gasteiger partial charge on any atom is 0.154 e. The van der Waals surface area contributed by atoms with Crippen LogP contribution < -0.4 is 5.32 Å². The lowest BCUT2D eigenvalue weighted by atomic mass is 9.67. The van der Waals surface area contributed by atoms with Crippen LogP contribution in [0.25, 0.3) is 0 Å². The lowest BCUT2D eigenvalue weighted by molar-refractivity contribution is -0.113. The molecule has 36 heavy (non-hydrogen) atoms. The van der Waals surface area contributed by atoms with Crippen LogP contribution >= 0.6 is 0 Å². The Hall–Kier alpha value is -0.750. The highest BCUT2D eigenvalue weighted by atomic mass is 16.5. The Morgan fingerprint density at radius 1 is 1.00 bits per heavy atom. The van der Waals surface area contributed by atoms with Crippen molar-refractivity contribution in [3.63, 3.8) is 0 Å². The molecule has 1 unspecified atom stereocenters. The van der Waals surface area contributed by atoms with Crippen LogP contribution in [-0.2, 0) is 9.53 Å². The number of hydrogen-bond acceptors (Lipinski definition) is 5. The van der Waals surface area contributed by atoms with Crippen molar-refractivity contribution in [2.75, 3.05) is 52.4 Å². The molecule has 2 aliphatic heterocycles. The van der Waals surface area contributed by atoms with Crippen LogP contribution in [0.3, 0.4) is 0 Å². The number of piperazine rings is 1. The molecule has 2 fully saturated rings. The minimum Gasteiger partial charge on any atom is -0.377 e. The van der Waals surface area contributed by atoms with E-state index in [-0.39, 0.29) is 11.3 Å². The molecule has 216 valence electrons. The summed E-state index contributed by atoms with van der Waals surface area (Å²) in [5.41, 5.74) is 1.33. The fourth-order valence-electron chi connectivity index (χ4n) is 5.05. The molecule has 2 aliphatic rings. The molecule has 2 rings (SSSR count). The van der Waals surface area contributed by atoms with E-state index in [0.29, 0.717) is 17.1 Å². The number of ketones is 1. The molecule has 0 saturated carbocycles. The molecule has 5 nitrogen and oxygen atoms in total. The largest absolute Gasteiger partial charge is 0.377 e. The first kappa shape index (κ1) is 37.4. The van der Waals surface area contributed by atoms with Gasteiger partial charge in [-0.05, 0) is 90.3 Å². The Labute approximate surface area is 226 Å².